The van der Waals surface area contributed by atoms with Gasteiger partial charge in [0.15, 0.2) is 0 Å². The molecule has 19 heavy (non-hydrogen) atoms. The molecule has 5 heteroatoms. The fourth-order valence-electron chi connectivity index (χ4n) is 1.61. The third kappa shape index (κ3) is 3.61. The van der Waals surface area contributed by atoms with Gasteiger partial charge in [-0.3, -0.25) is 11.3 Å². The number of ether oxygens (including phenoxy) is 1. The second-order valence-corrected chi connectivity index (χ2v) is 4.98. The highest BCUT2D eigenvalue weighted by molar-refractivity contribution is 6.35. The summed E-state index contributed by atoms with van der Waals surface area (Å²) in [5.41, 5.74) is 3.77. The summed E-state index contributed by atoms with van der Waals surface area (Å²) in [5, 5.41) is 1.06. The zero-order valence-electron chi connectivity index (χ0n) is 10.4. The first-order chi connectivity index (χ1) is 9.10. The van der Waals surface area contributed by atoms with Crippen molar-refractivity contribution in [1.29, 1.82) is 0 Å². The van der Waals surface area contributed by atoms with E-state index < -0.39 is 0 Å². The topological polar surface area (TPSA) is 47.3 Å². The Bertz CT molecular complexity index is 558. The largest absolute Gasteiger partial charge is 0.456 e. The van der Waals surface area contributed by atoms with Crippen LogP contribution in [0.15, 0.2) is 42.5 Å². The number of halogens is 2. The van der Waals surface area contributed by atoms with Gasteiger partial charge in [0.2, 0.25) is 0 Å². The zero-order valence-corrected chi connectivity index (χ0v) is 11.9. The van der Waals surface area contributed by atoms with E-state index in [4.69, 9.17) is 33.8 Å². The Labute approximate surface area is 122 Å². The first kappa shape index (κ1) is 14.2. The number of hydrogen-bond acceptors (Lipinski definition) is 3. The lowest BCUT2D eigenvalue weighted by atomic mass is 10.1. The van der Waals surface area contributed by atoms with Crippen LogP contribution in [0.4, 0.5) is 0 Å². The van der Waals surface area contributed by atoms with Crippen LogP contribution in [0.5, 0.6) is 11.5 Å². The molecule has 0 saturated heterocycles. The molecule has 0 aliphatic heterocycles. The van der Waals surface area contributed by atoms with Gasteiger partial charge in [0.25, 0.3) is 0 Å². The molecule has 0 unspecified atom stereocenters. The molecule has 0 aliphatic carbocycles. The van der Waals surface area contributed by atoms with Crippen LogP contribution in [0, 0.1) is 0 Å². The van der Waals surface area contributed by atoms with E-state index in [0.717, 1.165) is 5.56 Å². The van der Waals surface area contributed by atoms with Crippen molar-refractivity contribution in [3.8, 4) is 11.5 Å². The Morgan fingerprint density at radius 2 is 1.79 bits per heavy atom. The average molecular weight is 297 g/mol. The van der Waals surface area contributed by atoms with Crippen LogP contribution >= 0.6 is 23.2 Å². The van der Waals surface area contributed by atoms with Crippen LogP contribution < -0.4 is 16.0 Å². The molecule has 0 fully saturated rings. The molecular formula is C14H14Cl2N2O. The Kier molecular flexibility index (Phi) is 4.66. The zero-order chi connectivity index (χ0) is 13.8. The minimum absolute atomic E-state index is 0.0909. The molecule has 0 bridgehead atoms. The van der Waals surface area contributed by atoms with E-state index in [9.17, 15) is 0 Å². The Morgan fingerprint density at radius 1 is 1.11 bits per heavy atom. The van der Waals surface area contributed by atoms with E-state index in [-0.39, 0.29) is 6.04 Å². The molecule has 3 N–H and O–H groups in total. The maximum Gasteiger partial charge on any atom is 0.146 e. The highest BCUT2D eigenvalue weighted by Crippen LogP contribution is 2.31. The predicted molar refractivity (Wildman–Crippen MR) is 78.7 cm³/mol. The van der Waals surface area contributed by atoms with Crippen molar-refractivity contribution in [3.63, 3.8) is 0 Å². The molecule has 2 aromatic rings. The van der Waals surface area contributed by atoms with Crippen LogP contribution in [0.2, 0.25) is 10.0 Å². The Morgan fingerprint density at radius 3 is 2.37 bits per heavy atom. The average Bonchev–Trinajstić information content (AvgIpc) is 2.42. The Balaban J connectivity index is 2.15. The first-order valence-corrected chi connectivity index (χ1v) is 6.54. The summed E-state index contributed by atoms with van der Waals surface area (Å²) in [7, 11) is 0. The summed E-state index contributed by atoms with van der Waals surface area (Å²) in [5.74, 6) is 6.67. The third-order valence-corrected chi connectivity index (χ3v) is 3.28. The van der Waals surface area contributed by atoms with Gasteiger partial charge in [-0.1, -0.05) is 35.3 Å². The first-order valence-electron chi connectivity index (χ1n) is 5.79. The molecule has 100 valence electrons. The van der Waals surface area contributed by atoms with Crippen molar-refractivity contribution in [3.05, 3.63) is 58.1 Å². The maximum atomic E-state index is 6.05. The minimum Gasteiger partial charge on any atom is -0.456 e. The van der Waals surface area contributed by atoms with Crippen LogP contribution in [-0.4, -0.2) is 0 Å². The number of hydrazine groups is 1. The summed E-state index contributed by atoms with van der Waals surface area (Å²) in [6.45, 7) is 1.98. The number of hydrogen-bond donors (Lipinski definition) is 2. The molecule has 0 aliphatic rings. The molecule has 2 aromatic carbocycles. The van der Waals surface area contributed by atoms with Crippen molar-refractivity contribution < 1.29 is 4.74 Å². The van der Waals surface area contributed by atoms with Gasteiger partial charge in [-0.25, -0.2) is 0 Å². The molecule has 0 amide bonds. The second kappa shape index (κ2) is 6.26. The van der Waals surface area contributed by atoms with E-state index in [0.29, 0.717) is 21.5 Å². The molecule has 0 saturated carbocycles. The van der Waals surface area contributed by atoms with Crippen molar-refractivity contribution in [1.82, 2.24) is 5.43 Å². The summed E-state index contributed by atoms with van der Waals surface area (Å²) >= 11 is 11.9. The number of rotatable bonds is 4. The van der Waals surface area contributed by atoms with Gasteiger partial charge in [0.1, 0.15) is 11.5 Å². The molecule has 3 nitrogen and oxygen atoms in total. The van der Waals surface area contributed by atoms with E-state index in [2.05, 4.69) is 5.43 Å². The summed E-state index contributed by atoms with van der Waals surface area (Å²) < 4.78 is 5.69. The fourth-order valence-corrected chi connectivity index (χ4v) is 2.05. The van der Waals surface area contributed by atoms with Gasteiger partial charge in [-0.15, -0.1) is 0 Å². The normalized spacial score (nSPS) is 12.2. The maximum absolute atomic E-state index is 6.05. The van der Waals surface area contributed by atoms with Gasteiger partial charge in [0.05, 0.1) is 5.02 Å². The van der Waals surface area contributed by atoms with Crippen molar-refractivity contribution in [2.75, 3.05) is 0 Å². The summed E-state index contributed by atoms with van der Waals surface area (Å²) in [4.78, 5) is 0. The predicted octanol–water partition coefficient (Wildman–Crippen LogP) is 4.31. The van der Waals surface area contributed by atoms with E-state index in [1.165, 1.54) is 0 Å². The lowest BCUT2D eigenvalue weighted by molar-refractivity contribution is 0.482. The SMILES string of the molecule is C[C@H](NN)c1ccc(Oc2ccc(Cl)cc2Cl)cc1. The van der Waals surface area contributed by atoms with E-state index in [1.807, 2.05) is 31.2 Å². The van der Waals surface area contributed by atoms with Crippen LogP contribution in [0.25, 0.3) is 0 Å². The van der Waals surface area contributed by atoms with Gasteiger partial charge in [0, 0.05) is 11.1 Å². The van der Waals surface area contributed by atoms with Gasteiger partial charge in [-0.05, 0) is 42.8 Å². The molecule has 0 radical (unpaired) electrons. The van der Waals surface area contributed by atoms with E-state index >= 15 is 0 Å². The monoisotopic (exact) mass is 296 g/mol. The number of nitrogens with two attached hydrogens (primary N) is 1. The van der Waals surface area contributed by atoms with Crippen molar-refractivity contribution >= 4 is 23.2 Å². The lowest BCUT2D eigenvalue weighted by Gasteiger charge is -2.12. The van der Waals surface area contributed by atoms with Crippen molar-refractivity contribution in [2.24, 2.45) is 5.84 Å². The molecular weight excluding hydrogens is 283 g/mol. The standard InChI is InChI=1S/C14H14Cl2N2O/c1-9(18-17)10-2-5-12(6-3-10)19-14-7-4-11(15)8-13(14)16/h2-9,18H,17H2,1H3/t9-/m0/s1. The van der Waals surface area contributed by atoms with Crippen LogP contribution in [0.3, 0.4) is 0 Å². The highest BCUT2D eigenvalue weighted by atomic mass is 35.5. The highest BCUT2D eigenvalue weighted by Gasteiger charge is 2.06. The third-order valence-electron chi connectivity index (χ3n) is 2.75. The van der Waals surface area contributed by atoms with Crippen LogP contribution in [0.1, 0.15) is 18.5 Å². The van der Waals surface area contributed by atoms with E-state index in [1.54, 1.807) is 18.2 Å². The number of nitrogens with one attached hydrogen (secondary N) is 1. The number of benzene rings is 2. The molecule has 0 heterocycles. The molecule has 0 spiro atoms. The van der Waals surface area contributed by atoms with Gasteiger partial charge >= 0.3 is 0 Å². The lowest BCUT2D eigenvalue weighted by Crippen LogP contribution is -2.25. The molecule has 1 atom stereocenters. The van der Waals surface area contributed by atoms with Crippen molar-refractivity contribution in [2.45, 2.75) is 13.0 Å². The second-order valence-electron chi connectivity index (χ2n) is 4.13. The quantitative estimate of drug-likeness (QED) is 0.653. The van der Waals surface area contributed by atoms with Crippen LogP contribution in [-0.2, 0) is 0 Å². The smallest absolute Gasteiger partial charge is 0.146 e. The molecule has 2 rings (SSSR count). The Hall–Kier alpha value is -1.26. The molecule has 0 aromatic heterocycles. The summed E-state index contributed by atoms with van der Waals surface area (Å²) in [6.07, 6.45) is 0. The van der Waals surface area contributed by atoms with Gasteiger partial charge in [-0.2, -0.15) is 0 Å². The fraction of sp³-hybridized carbons (Fsp3) is 0.143. The summed E-state index contributed by atoms with van der Waals surface area (Å²) in [6, 6.07) is 12.8. The van der Waals surface area contributed by atoms with Gasteiger partial charge < -0.3 is 4.74 Å². The minimum atomic E-state index is 0.0909.